The SMILES string of the molecule is Cc1ccc2c(=O)n(C)c3cc(Cl)ccc3c2n1. The third-order valence-corrected chi connectivity index (χ3v) is 3.38. The van der Waals surface area contributed by atoms with E-state index in [0.717, 1.165) is 22.1 Å². The maximum absolute atomic E-state index is 12.2. The molecule has 1 aromatic carbocycles. The van der Waals surface area contributed by atoms with Crippen molar-refractivity contribution in [1.82, 2.24) is 9.55 Å². The maximum atomic E-state index is 12.2. The summed E-state index contributed by atoms with van der Waals surface area (Å²) in [4.78, 5) is 16.7. The normalized spacial score (nSPS) is 11.3. The number of aryl methyl sites for hydroxylation is 2. The van der Waals surface area contributed by atoms with E-state index >= 15 is 0 Å². The molecule has 3 aromatic rings. The van der Waals surface area contributed by atoms with Gasteiger partial charge in [0.25, 0.3) is 5.56 Å². The van der Waals surface area contributed by atoms with E-state index < -0.39 is 0 Å². The minimum atomic E-state index is -0.0488. The summed E-state index contributed by atoms with van der Waals surface area (Å²) in [5, 5.41) is 2.20. The average molecular weight is 259 g/mol. The van der Waals surface area contributed by atoms with Crippen LogP contribution in [0.1, 0.15) is 5.69 Å². The molecule has 0 aliphatic heterocycles. The second kappa shape index (κ2) is 3.82. The Labute approximate surface area is 109 Å². The lowest BCUT2D eigenvalue weighted by Gasteiger charge is -2.09. The lowest BCUT2D eigenvalue weighted by Crippen LogP contribution is -2.17. The van der Waals surface area contributed by atoms with Gasteiger partial charge in [0.15, 0.2) is 0 Å². The Hall–Kier alpha value is -1.87. The fourth-order valence-electron chi connectivity index (χ4n) is 2.21. The first-order chi connectivity index (χ1) is 8.58. The summed E-state index contributed by atoms with van der Waals surface area (Å²) in [6.45, 7) is 1.92. The molecule has 0 unspecified atom stereocenters. The van der Waals surface area contributed by atoms with Gasteiger partial charge < -0.3 is 4.57 Å². The highest BCUT2D eigenvalue weighted by atomic mass is 35.5. The fourth-order valence-corrected chi connectivity index (χ4v) is 2.37. The zero-order valence-electron chi connectivity index (χ0n) is 10.1. The summed E-state index contributed by atoms with van der Waals surface area (Å²) < 4.78 is 1.61. The topological polar surface area (TPSA) is 34.9 Å². The predicted octanol–water partition coefficient (Wildman–Crippen LogP) is 3.05. The van der Waals surface area contributed by atoms with Gasteiger partial charge in [0.1, 0.15) is 0 Å². The first-order valence-corrected chi connectivity index (χ1v) is 6.01. The maximum Gasteiger partial charge on any atom is 0.260 e. The van der Waals surface area contributed by atoms with Crippen molar-refractivity contribution in [1.29, 1.82) is 0 Å². The van der Waals surface area contributed by atoms with Gasteiger partial charge in [-0.15, -0.1) is 0 Å². The lowest BCUT2D eigenvalue weighted by molar-refractivity contribution is 0.917. The zero-order chi connectivity index (χ0) is 12.9. The van der Waals surface area contributed by atoms with Gasteiger partial charge in [-0.2, -0.15) is 0 Å². The van der Waals surface area contributed by atoms with Crippen LogP contribution in [0.25, 0.3) is 21.8 Å². The van der Waals surface area contributed by atoms with Gasteiger partial charge in [0.2, 0.25) is 0 Å². The van der Waals surface area contributed by atoms with Crippen LogP contribution in [0.15, 0.2) is 35.1 Å². The van der Waals surface area contributed by atoms with Crippen molar-refractivity contribution in [3.63, 3.8) is 0 Å². The summed E-state index contributed by atoms with van der Waals surface area (Å²) in [6, 6.07) is 9.20. The summed E-state index contributed by atoms with van der Waals surface area (Å²) in [5.74, 6) is 0. The number of pyridine rings is 2. The number of nitrogens with zero attached hydrogens (tertiary/aromatic N) is 2. The lowest BCUT2D eigenvalue weighted by atomic mass is 10.1. The summed E-state index contributed by atoms with van der Waals surface area (Å²) >= 11 is 5.99. The van der Waals surface area contributed by atoms with Crippen LogP contribution in [0.2, 0.25) is 5.02 Å². The molecule has 18 heavy (non-hydrogen) atoms. The predicted molar refractivity (Wildman–Crippen MR) is 74.2 cm³/mol. The van der Waals surface area contributed by atoms with Gasteiger partial charge in [-0.05, 0) is 37.3 Å². The number of rotatable bonds is 0. The average Bonchev–Trinajstić information content (AvgIpc) is 2.35. The Morgan fingerprint density at radius 2 is 1.89 bits per heavy atom. The van der Waals surface area contributed by atoms with Gasteiger partial charge >= 0.3 is 0 Å². The van der Waals surface area contributed by atoms with Crippen molar-refractivity contribution in [2.75, 3.05) is 0 Å². The third-order valence-electron chi connectivity index (χ3n) is 3.15. The van der Waals surface area contributed by atoms with Gasteiger partial charge in [-0.25, -0.2) is 0 Å². The Balaban J connectivity index is 2.68. The third kappa shape index (κ3) is 1.51. The molecule has 0 amide bonds. The van der Waals surface area contributed by atoms with Crippen LogP contribution in [-0.2, 0) is 7.05 Å². The fraction of sp³-hybridized carbons (Fsp3) is 0.143. The number of halogens is 1. The van der Waals surface area contributed by atoms with Crippen molar-refractivity contribution in [2.24, 2.45) is 7.05 Å². The number of aromatic nitrogens is 2. The van der Waals surface area contributed by atoms with Crippen LogP contribution >= 0.6 is 11.6 Å². The van der Waals surface area contributed by atoms with Crippen LogP contribution < -0.4 is 5.56 Å². The van der Waals surface area contributed by atoms with E-state index in [0.29, 0.717) is 10.4 Å². The minimum absolute atomic E-state index is 0.0488. The minimum Gasteiger partial charge on any atom is -0.311 e. The Morgan fingerprint density at radius 1 is 1.17 bits per heavy atom. The van der Waals surface area contributed by atoms with Crippen LogP contribution in [0.5, 0.6) is 0 Å². The van der Waals surface area contributed by atoms with E-state index in [-0.39, 0.29) is 5.56 Å². The van der Waals surface area contributed by atoms with Gasteiger partial charge in [-0.3, -0.25) is 9.78 Å². The van der Waals surface area contributed by atoms with E-state index in [1.54, 1.807) is 17.7 Å². The molecule has 0 fully saturated rings. The molecule has 0 N–H and O–H groups in total. The molecule has 2 heterocycles. The Kier molecular flexibility index (Phi) is 2.38. The van der Waals surface area contributed by atoms with Crippen molar-refractivity contribution >= 4 is 33.4 Å². The number of hydrogen-bond acceptors (Lipinski definition) is 2. The monoisotopic (exact) mass is 258 g/mol. The first-order valence-electron chi connectivity index (χ1n) is 5.63. The first kappa shape index (κ1) is 11.2. The van der Waals surface area contributed by atoms with Crippen molar-refractivity contribution in [2.45, 2.75) is 6.92 Å². The Morgan fingerprint density at radius 3 is 2.67 bits per heavy atom. The molecule has 3 rings (SSSR count). The Bertz CT molecular complexity index is 836. The van der Waals surface area contributed by atoms with E-state index in [1.807, 2.05) is 31.2 Å². The second-order valence-electron chi connectivity index (χ2n) is 4.37. The molecule has 0 bridgehead atoms. The van der Waals surface area contributed by atoms with E-state index in [4.69, 9.17) is 11.6 Å². The quantitative estimate of drug-likeness (QED) is 0.581. The summed E-state index contributed by atoms with van der Waals surface area (Å²) in [7, 11) is 1.75. The van der Waals surface area contributed by atoms with Crippen LogP contribution in [0.4, 0.5) is 0 Å². The smallest absolute Gasteiger partial charge is 0.260 e. The molecule has 90 valence electrons. The number of benzene rings is 1. The van der Waals surface area contributed by atoms with Crippen LogP contribution in [0.3, 0.4) is 0 Å². The standard InChI is InChI=1S/C14H11ClN2O/c1-8-3-5-11-13(16-8)10-6-4-9(15)7-12(10)17(2)14(11)18/h3-7H,1-2H3. The summed E-state index contributed by atoms with van der Waals surface area (Å²) in [6.07, 6.45) is 0. The van der Waals surface area contributed by atoms with Gasteiger partial charge in [0, 0.05) is 23.2 Å². The highest BCUT2D eigenvalue weighted by Crippen LogP contribution is 2.23. The highest BCUT2D eigenvalue weighted by Gasteiger charge is 2.09. The molecule has 0 aliphatic rings. The van der Waals surface area contributed by atoms with Crippen molar-refractivity contribution in [3.8, 4) is 0 Å². The van der Waals surface area contributed by atoms with E-state index in [1.165, 1.54) is 0 Å². The van der Waals surface area contributed by atoms with Crippen LogP contribution in [-0.4, -0.2) is 9.55 Å². The molecule has 2 aromatic heterocycles. The molecule has 0 aliphatic carbocycles. The molecule has 0 atom stereocenters. The summed E-state index contributed by atoms with van der Waals surface area (Å²) in [5.41, 5.74) is 2.39. The molecular formula is C14H11ClN2O. The molecule has 0 saturated heterocycles. The van der Waals surface area contributed by atoms with Crippen molar-refractivity contribution < 1.29 is 0 Å². The molecule has 4 heteroatoms. The van der Waals surface area contributed by atoms with Crippen molar-refractivity contribution in [3.05, 3.63) is 51.4 Å². The van der Waals surface area contributed by atoms with Crippen LogP contribution in [0, 0.1) is 6.92 Å². The molecule has 3 nitrogen and oxygen atoms in total. The molecule has 0 spiro atoms. The van der Waals surface area contributed by atoms with E-state index in [2.05, 4.69) is 4.98 Å². The van der Waals surface area contributed by atoms with Gasteiger partial charge in [-0.1, -0.05) is 11.6 Å². The number of hydrogen-bond donors (Lipinski definition) is 0. The largest absolute Gasteiger partial charge is 0.311 e. The van der Waals surface area contributed by atoms with E-state index in [9.17, 15) is 4.79 Å². The molecule has 0 radical (unpaired) electrons. The molecular weight excluding hydrogens is 248 g/mol. The zero-order valence-corrected chi connectivity index (χ0v) is 10.8. The number of fused-ring (bicyclic) bond motifs is 3. The molecule has 0 saturated carbocycles. The van der Waals surface area contributed by atoms with Gasteiger partial charge in [0.05, 0.1) is 16.4 Å². The highest BCUT2D eigenvalue weighted by molar-refractivity contribution is 6.31. The second-order valence-corrected chi connectivity index (χ2v) is 4.81.